The topological polar surface area (TPSA) is 49.8 Å². The van der Waals surface area contributed by atoms with Crippen LogP contribution in [0.25, 0.3) is 0 Å². The number of carbonyl (C=O) groups is 1. The third-order valence-electron chi connectivity index (χ3n) is 2.46. The van der Waals surface area contributed by atoms with Crippen molar-refractivity contribution in [3.8, 4) is 0 Å². The van der Waals surface area contributed by atoms with Crippen LogP contribution in [-0.4, -0.2) is 38.4 Å². The monoisotopic (exact) mass is 301 g/mol. The lowest BCUT2D eigenvalue weighted by Crippen LogP contribution is -2.22. The molecule has 0 aliphatic rings. The van der Waals surface area contributed by atoms with Gasteiger partial charge in [-0.25, -0.2) is 4.79 Å². The molecule has 0 heterocycles. The van der Waals surface area contributed by atoms with E-state index in [4.69, 9.17) is 4.74 Å². The number of carboxylic acids is 1. The number of methoxy groups -OCH3 is 1. The predicted octanol–water partition coefficient (Wildman–Crippen LogP) is 2.62. The molecule has 1 N–H and O–H groups in total. The maximum atomic E-state index is 11.2. The number of hydrogen-bond donors (Lipinski definition) is 1. The van der Waals surface area contributed by atoms with Gasteiger partial charge in [0.25, 0.3) is 0 Å². The van der Waals surface area contributed by atoms with Crippen molar-refractivity contribution in [2.24, 2.45) is 0 Å². The van der Waals surface area contributed by atoms with Gasteiger partial charge in [0, 0.05) is 31.8 Å². The Balaban J connectivity index is 2.89. The van der Waals surface area contributed by atoms with Crippen molar-refractivity contribution in [3.05, 3.63) is 28.2 Å². The fraction of sp³-hybridized carbons (Fsp3) is 0.417. The second-order valence-corrected chi connectivity index (χ2v) is 4.56. The number of hydrogen-bond acceptors (Lipinski definition) is 3. The minimum atomic E-state index is -0.925. The highest BCUT2D eigenvalue weighted by Crippen LogP contribution is 2.27. The van der Waals surface area contributed by atoms with Gasteiger partial charge in [-0.15, -0.1) is 0 Å². The second kappa shape index (κ2) is 6.61. The smallest absolute Gasteiger partial charge is 0.338 e. The molecule has 0 fully saturated rings. The summed E-state index contributed by atoms with van der Waals surface area (Å²) in [5.74, 6) is -0.925. The lowest BCUT2D eigenvalue weighted by molar-refractivity contribution is 0.0696. The van der Waals surface area contributed by atoms with Crippen molar-refractivity contribution < 1.29 is 14.6 Å². The van der Waals surface area contributed by atoms with Gasteiger partial charge in [-0.05, 0) is 34.5 Å². The van der Waals surface area contributed by atoms with Crippen molar-refractivity contribution >= 4 is 27.6 Å². The van der Waals surface area contributed by atoms with Gasteiger partial charge in [0.1, 0.15) is 0 Å². The number of halogens is 1. The SMILES string of the molecule is COCCCN(C)c1cccc(Br)c1C(=O)O. The molecule has 0 spiro atoms. The Bertz CT molecular complexity index is 395. The summed E-state index contributed by atoms with van der Waals surface area (Å²) >= 11 is 3.27. The van der Waals surface area contributed by atoms with E-state index < -0.39 is 5.97 Å². The molecule has 0 radical (unpaired) electrons. The zero-order chi connectivity index (χ0) is 12.8. The molecule has 0 unspecified atom stereocenters. The van der Waals surface area contributed by atoms with Crippen LogP contribution in [0.4, 0.5) is 5.69 Å². The molecular weight excluding hydrogens is 286 g/mol. The average Bonchev–Trinajstić information content (AvgIpc) is 2.28. The van der Waals surface area contributed by atoms with E-state index in [9.17, 15) is 9.90 Å². The summed E-state index contributed by atoms with van der Waals surface area (Å²) < 4.78 is 5.58. The molecule has 0 bridgehead atoms. The number of anilines is 1. The molecule has 94 valence electrons. The Morgan fingerprint density at radius 3 is 2.82 bits per heavy atom. The highest BCUT2D eigenvalue weighted by Gasteiger charge is 2.16. The van der Waals surface area contributed by atoms with Crippen LogP contribution in [-0.2, 0) is 4.74 Å². The summed E-state index contributed by atoms with van der Waals surface area (Å²) in [6, 6.07) is 5.37. The van der Waals surface area contributed by atoms with Crippen LogP contribution in [0, 0.1) is 0 Å². The maximum Gasteiger partial charge on any atom is 0.338 e. The van der Waals surface area contributed by atoms with Gasteiger partial charge in [0.05, 0.1) is 11.3 Å². The number of aromatic carboxylic acids is 1. The predicted molar refractivity (Wildman–Crippen MR) is 70.9 cm³/mol. The first-order chi connectivity index (χ1) is 8.07. The van der Waals surface area contributed by atoms with Gasteiger partial charge in [-0.2, -0.15) is 0 Å². The van der Waals surface area contributed by atoms with Crippen LogP contribution < -0.4 is 4.90 Å². The van der Waals surface area contributed by atoms with Crippen LogP contribution in [0.2, 0.25) is 0 Å². The molecular formula is C12H16BrNO3. The molecule has 1 aromatic carbocycles. The molecule has 4 nitrogen and oxygen atoms in total. The lowest BCUT2D eigenvalue weighted by Gasteiger charge is -2.21. The van der Waals surface area contributed by atoms with Crippen molar-refractivity contribution in [2.75, 3.05) is 32.2 Å². The van der Waals surface area contributed by atoms with Gasteiger partial charge in [-0.3, -0.25) is 0 Å². The zero-order valence-electron chi connectivity index (χ0n) is 9.94. The van der Waals surface area contributed by atoms with E-state index in [1.165, 1.54) is 0 Å². The van der Waals surface area contributed by atoms with Crippen LogP contribution in [0.3, 0.4) is 0 Å². The van der Waals surface area contributed by atoms with Crippen LogP contribution in [0.1, 0.15) is 16.8 Å². The number of nitrogens with zero attached hydrogens (tertiary/aromatic N) is 1. The normalized spacial score (nSPS) is 10.3. The first kappa shape index (κ1) is 14.0. The molecule has 0 atom stereocenters. The Hall–Kier alpha value is -1.07. The number of carboxylic acid groups (broad SMARTS) is 1. The lowest BCUT2D eigenvalue weighted by atomic mass is 10.1. The second-order valence-electron chi connectivity index (χ2n) is 3.71. The van der Waals surface area contributed by atoms with E-state index in [0.717, 1.165) is 13.0 Å². The van der Waals surface area contributed by atoms with Gasteiger partial charge in [0.2, 0.25) is 0 Å². The first-order valence-corrected chi connectivity index (χ1v) is 6.09. The standard InChI is InChI=1S/C12H16BrNO3/c1-14(7-4-8-17-2)10-6-3-5-9(13)11(10)12(15)16/h3,5-6H,4,7-8H2,1-2H3,(H,15,16). The Morgan fingerprint density at radius 2 is 2.24 bits per heavy atom. The fourth-order valence-electron chi connectivity index (χ4n) is 1.61. The Morgan fingerprint density at radius 1 is 1.53 bits per heavy atom. The van der Waals surface area contributed by atoms with Crippen LogP contribution in [0.5, 0.6) is 0 Å². The minimum Gasteiger partial charge on any atom is -0.478 e. The van der Waals surface area contributed by atoms with E-state index in [1.807, 2.05) is 18.0 Å². The molecule has 0 saturated carbocycles. The summed E-state index contributed by atoms with van der Waals surface area (Å²) in [6.45, 7) is 1.42. The zero-order valence-corrected chi connectivity index (χ0v) is 11.5. The van der Waals surface area contributed by atoms with Crippen LogP contribution in [0.15, 0.2) is 22.7 Å². The van der Waals surface area contributed by atoms with Gasteiger partial charge < -0.3 is 14.7 Å². The van der Waals surface area contributed by atoms with E-state index in [0.29, 0.717) is 22.3 Å². The highest BCUT2D eigenvalue weighted by atomic mass is 79.9. The molecule has 17 heavy (non-hydrogen) atoms. The molecule has 0 saturated heterocycles. The molecule has 0 aliphatic carbocycles. The van der Waals surface area contributed by atoms with Gasteiger partial charge in [0.15, 0.2) is 0 Å². The van der Waals surface area contributed by atoms with Crippen molar-refractivity contribution in [3.63, 3.8) is 0 Å². The van der Waals surface area contributed by atoms with E-state index in [-0.39, 0.29) is 0 Å². The molecule has 1 aromatic rings. The summed E-state index contributed by atoms with van der Waals surface area (Å²) in [4.78, 5) is 13.1. The van der Waals surface area contributed by atoms with E-state index in [1.54, 1.807) is 19.2 Å². The molecule has 0 aromatic heterocycles. The maximum absolute atomic E-state index is 11.2. The summed E-state index contributed by atoms with van der Waals surface area (Å²) in [6.07, 6.45) is 0.860. The molecule has 5 heteroatoms. The summed E-state index contributed by atoms with van der Waals surface area (Å²) in [5.41, 5.74) is 1.01. The van der Waals surface area contributed by atoms with Crippen molar-refractivity contribution in [2.45, 2.75) is 6.42 Å². The van der Waals surface area contributed by atoms with Gasteiger partial charge in [-0.1, -0.05) is 6.07 Å². The van der Waals surface area contributed by atoms with E-state index in [2.05, 4.69) is 15.9 Å². The average molecular weight is 302 g/mol. The number of benzene rings is 1. The van der Waals surface area contributed by atoms with Crippen LogP contribution >= 0.6 is 15.9 Å². The molecule has 0 amide bonds. The molecule has 1 rings (SSSR count). The third kappa shape index (κ3) is 3.71. The first-order valence-electron chi connectivity index (χ1n) is 5.29. The Kier molecular flexibility index (Phi) is 5.44. The summed E-state index contributed by atoms with van der Waals surface area (Å²) in [7, 11) is 3.53. The minimum absolute atomic E-state index is 0.299. The summed E-state index contributed by atoms with van der Waals surface area (Å²) in [5, 5.41) is 9.19. The van der Waals surface area contributed by atoms with Crippen molar-refractivity contribution in [1.29, 1.82) is 0 Å². The number of rotatable bonds is 6. The fourth-order valence-corrected chi connectivity index (χ4v) is 2.13. The van der Waals surface area contributed by atoms with Crippen molar-refractivity contribution in [1.82, 2.24) is 0 Å². The van der Waals surface area contributed by atoms with Gasteiger partial charge >= 0.3 is 5.97 Å². The van der Waals surface area contributed by atoms with E-state index >= 15 is 0 Å². The quantitative estimate of drug-likeness (QED) is 0.821. The largest absolute Gasteiger partial charge is 0.478 e. The Labute approximate surface area is 109 Å². The molecule has 0 aliphatic heterocycles. The highest BCUT2D eigenvalue weighted by molar-refractivity contribution is 9.10. The third-order valence-corrected chi connectivity index (χ3v) is 3.12. The number of ether oxygens (including phenoxy) is 1.